The highest BCUT2D eigenvalue weighted by Crippen LogP contribution is 2.27. The number of hydrogen-bond donors (Lipinski definition) is 0. The Morgan fingerprint density at radius 3 is 2.38 bits per heavy atom. The van der Waals surface area contributed by atoms with Crippen molar-refractivity contribution in [2.45, 2.75) is 32.6 Å². The number of amides is 1. The zero-order chi connectivity index (χ0) is 21.2. The van der Waals surface area contributed by atoms with E-state index < -0.39 is 17.8 Å². The molecule has 0 unspecified atom stereocenters. The minimum Gasteiger partial charge on any atom is -0.419 e. The monoisotopic (exact) mass is 424 g/mol. The summed E-state index contributed by atoms with van der Waals surface area (Å²) in [4.78, 5) is 17.5. The molecular weight excluding hydrogens is 409 g/mol. The molecule has 0 aliphatic heterocycles. The summed E-state index contributed by atoms with van der Waals surface area (Å²) in [6.07, 6.45) is -3.66. The van der Waals surface area contributed by atoms with Gasteiger partial charge in [-0.1, -0.05) is 11.6 Å². The van der Waals surface area contributed by atoms with Crippen LogP contribution < -0.4 is 0 Å². The summed E-state index contributed by atoms with van der Waals surface area (Å²) in [7, 11) is 0. The molecule has 0 saturated heterocycles. The highest BCUT2D eigenvalue weighted by atomic mass is 35.5. The van der Waals surface area contributed by atoms with Gasteiger partial charge in [-0.2, -0.15) is 13.2 Å². The molecule has 0 spiro atoms. The van der Waals surface area contributed by atoms with Crippen molar-refractivity contribution in [2.24, 2.45) is 0 Å². The molecule has 0 N–H and O–H groups in total. The first-order valence-corrected chi connectivity index (χ1v) is 8.95. The predicted octanol–water partition coefficient (Wildman–Crippen LogP) is 4.85. The van der Waals surface area contributed by atoms with E-state index in [1.54, 1.807) is 38.1 Å². The van der Waals surface area contributed by atoms with E-state index >= 15 is 0 Å². The Morgan fingerprint density at radius 1 is 1.14 bits per heavy atom. The summed E-state index contributed by atoms with van der Waals surface area (Å²) in [5.74, 6) is -0.0339. The molecule has 10 heteroatoms. The summed E-state index contributed by atoms with van der Waals surface area (Å²) in [5, 5.41) is 8.48. The van der Waals surface area contributed by atoms with Gasteiger partial charge >= 0.3 is 6.18 Å². The van der Waals surface area contributed by atoms with E-state index in [9.17, 15) is 18.0 Å². The molecule has 29 heavy (non-hydrogen) atoms. The van der Waals surface area contributed by atoms with E-state index in [-0.39, 0.29) is 29.9 Å². The number of halogens is 4. The number of hydrogen-bond acceptors (Lipinski definition) is 5. The number of nitrogens with zero attached hydrogens (tertiary/aromatic N) is 4. The van der Waals surface area contributed by atoms with Crippen molar-refractivity contribution in [1.82, 2.24) is 20.1 Å². The van der Waals surface area contributed by atoms with Gasteiger partial charge in [0.15, 0.2) is 0 Å². The number of aromatic nitrogens is 3. The first kappa shape index (κ1) is 20.8. The van der Waals surface area contributed by atoms with Gasteiger partial charge in [0.2, 0.25) is 11.8 Å². The average molecular weight is 425 g/mol. The van der Waals surface area contributed by atoms with E-state index in [1.165, 1.54) is 4.90 Å². The number of carbonyl (C=O) groups excluding carboxylic acids is 1. The molecule has 0 radical (unpaired) electrons. The maximum Gasteiger partial charge on any atom is 0.433 e. The number of alkyl halides is 3. The van der Waals surface area contributed by atoms with Gasteiger partial charge in [0.05, 0.1) is 12.1 Å². The van der Waals surface area contributed by atoms with Gasteiger partial charge in [0.25, 0.3) is 5.91 Å². The Kier molecular flexibility index (Phi) is 5.88. The van der Waals surface area contributed by atoms with Gasteiger partial charge in [-0.3, -0.25) is 9.78 Å². The maximum atomic E-state index is 12.8. The predicted molar refractivity (Wildman–Crippen MR) is 99.0 cm³/mol. The lowest BCUT2D eigenvalue weighted by molar-refractivity contribution is -0.141. The molecular formula is C19H16ClF3N4O2. The Bertz CT molecular complexity index is 986. The molecule has 1 amide bonds. The van der Waals surface area contributed by atoms with Crippen molar-refractivity contribution in [2.75, 3.05) is 0 Å². The number of rotatable bonds is 5. The molecule has 3 aromatic rings. The largest absolute Gasteiger partial charge is 0.433 e. The van der Waals surface area contributed by atoms with Crippen molar-refractivity contribution in [3.63, 3.8) is 0 Å². The maximum absolute atomic E-state index is 12.8. The molecule has 0 aliphatic carbocycles. The van der Waals surface area contributed by atoms with Gasteiger partial charge in [0, 0.05) is 22.8 Å². The minimum absolute atomic E-state index is 0.00187. The summed E-state index contributed by atoms with van der Waals surface area (Å²) in [6, 6.07) is 8.41. The van der Waals surface area contributed by atoms with Crippen molar-refractivity contribution in [1.29, 1.82) is 0 Å². The zero-order valence-electron chi connectivity index (χ0n) is 15.4. The third-order valence-electron chi connectivity index (χ3n) is 4.05. The van der Waals surface area contributed by atoms with Crippen LogP contribution in [-0.2, 0) is 12.7 Å². The van der Waals surface area contributed by atoms with Crippen LogP contribution in [0.5, 0.6) is 0 Å². The average Bonchev–Trinajstić information content (AvgIpc) is 3.14. The number of carbonyl (C=O) groups is 1. The van der Waals surface area contributed by atoms with E-state index in [2.05, 4.69) is 15.2 Å². The summed E-state index contributed by atoms with van der Waals surface area (Å²) >= 11 is 5.86. The zero-order valence-corrected chi connectivity index (χ0v) is 16.2. The van der Waals surface area contributed by atoms with Crippen molar-refractivity contribution in [3.05, 3.63) is 64.8 Å². The van der Waals surface area contributed by atoms with Gasteiger partial charge in [-0.25, -0.2) is 0 Å². The Morgan fingerprint density at radius 2 is 1.83 bits per heavy atom. The second-order valence-corrected chi connectivity index (χ2v) is 6.90. The smallest absolute Gasteiger partial charge is 0.419 e. The first-order chi connectivity index (χ1) is 13.6. The lowest BCUT2D eigenvalue weighted by atomic mass is 10.2. The molecule has 0 bridgehead atoms. The third-order valence-corrected chi connectivity index (χ3v) is 4.30. The molecule has 0 fully saturated rings. The molecule has 0 aliphatic rings. The van der Waals surface area contributed by atoms with Crippen LogP contribution >= 0.6 is 11.6 Å². The number of pyridine rings is 1. The van der Waals surface area contributed by atoms with Crippen molar-refractivity contribution >= 4 is 17.5 Å². The quantitative estimate of drug-likeness (QED) is 0.585. The van der Waals surface area contributed by atoms with E-state index in [0.717, 1.165) is 18.3 Å². The lowest BCUT2D eigenvalue weighted by Gasteiger charge is -2.25. The highest BCUT2D eigenvalue weighted by Gasteiger charge is 2.32. The SMILES string of the molecule is CC(C)N(Cc1nnc(-c2ccc(Cl)cc2)o1)C(=O)c1ccc(C(F)(F)F)nc1. The van der Waals surface area contributed by atoms with Gasteiger partial charge in [-0.15, -0.1) is 10.2 Å². The molecule has 3 rings (SSSR count). The highest BCUT2D eigenvalue weighted by molar-refractivity contribution is 6.30. The molecule has 6 nitrogen and oxygen atoms in total. The summed E-state index contributed by atoms with van der Waals surface area (Å²) < 4.78 is 43.6. The minimum atomic E-state index is -4.57. The Labute approximate surface area is 169 Å². The fourth-order valence-corrected chi connectivity index (χ4v) is 2.64. The van der Waals surface area contributed by atoms with Crippen LogP contribution in [-0.4, -0.2) is 32.0 Å². The van der Waals surface area contributed by atoms with E-state index in [4.69, 9.17) is 16.0 Å². The van der Waals surface area contributed by atoms with Crippen LogP contribution in [0.4, 0.5) is 13.2 Å². The molecule has 152 valence electrons. The Hall–Kier alpha value is -2.94. The topological polar surface area (TPSA) is 72.1 Å². The normalized spacial score (nSPS) is 11.7. The fourth-order valence-electron chi connectivity index (χ4n) is 2.52. The van der Waals surface area contributed by atoms with E-state index in [1.807, 2.05) is 0 Å². The van der Waals surface area contributed by atoms with Crippen LogP contribution in [0.1, 0.15) is 35.8 Å². The summed E-state index contributed by atoms with van der Waals surface area (Å²) in [6.45, 7) is 3.54. The fraction of sp³-hybridized carbons (Fsp3) is 0.263. The third kappa shape index (κ3) is 4.92. The molecule has 1 aromatic carbocycles. The second kappa shape index (κ2) is 8.20. The van der Waals surface area contributed by atoms with Crippen LogP contribution in [0.3, 0.4) is 0 Å². The van der Waals surface area contributed by atoms with Crippen LogP contribution in [0.2, 0.25) is 5.02 Å². The van der Waals surface area contributed by atoms with E-state index in [0.29, 0.717) is 10.6 Å². The van der Waals surface area contributed by atoms with Gasteiger partial charge in [-0.05, 0) is 50.2 Å². The van der Waals surface area contributed by atoms with Gasteiger partial charge in [0.1, 0.15) is 5.69 Å². The molecule has 2 heterocycles. The summed E-state index contributed by atoms with van der Waals surface area (Å²) in [5.41, 5.74) is -0.360. The van der Waals surface area contributed by atoms with Crippen molar-refractivity contribution in [3.8, 4) is 11.5 Å². The molecule has 0 saturated carbocycles. The first-order valence-electron chi connectivity index (χ1n) is 8.57. The lowest BCUT2D eigenvalue weighted by Crippen LogP contribution is -2.36. The van der Waals surface area contributed by atoms with Crippen molar-refractivity contribution < 1.29 is 22.4 Å². The Balaban J connectivity index is 1.78. The van der Waals surface area contributed by atoms with Crippen LogP contribution in [0, 0.1) is 0 Å². The van der Waals surface area contributed by atoms with Gasteiger partial charge < -0.3 is 9.32 Å². The van der Waals surface area contributed by atoms with Crippen LogP contribution in [0.15, 0.2) is 47.0 Å². The molecule has 2 aromatic heterocycles. The van der Waals surface area contributed by atoms with Crippen LogP contribution in [0.25, 0.3) is 11.5 Å². The molecule has 0 atom stereocenters. The second-order valence-electron chi connectivity index (χ2n) is 6.46. The standard InChI is InChI=1S/C19H16ClF3N4O2/c1-11(2)27(18(28)13-5-8-15(24-9-13)19(21,22)23)10-16-25-26-17(29-16)12-3-6-14(20)7-4-12/h3-9,11H,10H2,1-2H3. The number of benzene rings is 1.